The number of amides is 1. The van der Waals surface area contributed by atoms with Crippen molar-refractivity contribution in [2.75, 3.05) is 38.2 Å². The molecule has 226 valence electrons. The normalized spacial score (nSPS) is 13.7. The summed E-state index contributed by atoms with van der Waals surface area (Å²) in [6.45, 7) is 4.77. The highest BCUT2D eigenvalue weighted by atomic mass is 16.5. The number of hydrogen-bond donors (Lipinski definition) is 0. The highest BCUT2D eigenvalue weighted by Gasteiger charge is 2.26. The number of methoxy groups -OCH3 is 1. The smallest absolute Gasteiger partial charge is 0.263 e. The van der Waals surface area contributed by atoms with E-state index in [9.17, 15) is 4.79 Å². The van der Waals surface area contributed by atoms with Gasteiger partial charge in [-0.3, -0.25) is 4.79 Å². The summed E-state index contributed by atoms with van der Waals surface area (Å²) in [5.74, 6) is 2.39. The van der Waals surface area contributed by atoms with Crippen LogP contribution in [0.1, 0.15) is 28.9 Å². The highest BCUT2D eigenvalue weighted by Crippen LogP contribution is 2.35. The molecule has 0 atom stereocenters. The van der Waals surface area contributed by atoms with Gasteiger partial charge in [-0.05, 0) is 53.4 Å². The lowest BCUT2D eigenvalue weighted by atomic mass is 10.0. The van der Waals surface area contributed by atoms with Crippen molar-refractivity contribution in [2.45, 2.75) is 26.2 Å². The highest BCUT2D eigenvalue weighted by molar-refractivity contribution is 6.00. The molecular weight excluding hydrogens is 562 g/mol. The maximum atomic E-state index is 13.3. The molecule has 4 aromatic carbocycles. The monoisotopic (exact) mass is 597 g/mol. The summed E-state index contributed by atoms with van der Waals surface area (Å²) < 4.78 is 11.2. The Morgan fingerprint density at radius 2 is 1.62 bits per heavy atom. The first-order valence-electron chi connectivity index (χ1n) is 15.4. The van der Waals surface area contributed by atoms with Crippen molar-refractivity contribution >= 4 is 33.6 Å². The second-order valence-corrected chi connectivity index (χ2v) is 11.6. The molecule has 8 heteroatoms. The van der Waals surface area contributed by atoms with Gasteiger partial charge in [0.2, 0.25) is 5.91 Å². The molecule has 0 radical (unpaired) electrons. The number of carbonyl (C=O) groups excluding carboxylic acids is 1. The number of nitrogens with zero attached hydrogens (tertiary/aromatic N) is 5. The summed E-state index contributed by atoms with van der Waals surface area (Å²) in [5.41, 5.74) is 5.47. The Morgan fingerprint density at radius 3 is 2.42 bits per heavy atom. The largest absolute Gasteiger partial charge is 0.497 e. The number of aromatic nitrogens is 3. The molecule has 0 aliphatic carbocycles. The average molecular weight is 598 g/mol. The molecule has 1 aliphatic heterocycles. The van der Waals surface area contributed by atoms with Crippen molar-refractivity contribution in [3.63, 3.8) is 0 Å². The zero-order valence-electron chi connectivity index (χ0n) is 25.6. The third kappa shape index (κ3) is 6.09. The molecule has 6 aromatic rings. The van der Waals surface area contributed by atoms with Gasteiger partial charge >= 0.3 is 0 Å². The van der Waals surface area contributed by atoms with E-state index in [2.05, 4.69) is 71.6 Å². The van der Waals surface area contributed by atoms with Gasteiger partial charge in [-0.1, -0.05) is 83.5 Å². The van der Waals surface area contributed by atoms with E-state index < -0.39 is 0 Å². The Kier molecular flexibility index (Phi) is 7.86. The van der Waals surface area contributed by atoms with Gasteiger partial charge in [0, 0.05) is 38.2 Å². The van der Waals surface area contributed by atoms with Crippen LogP contribution in [-0.4, -0.2) is 59.2 Å². The molecular formula is C37H35N5O3. The SMILES string of the molecule is COc1ccc(CC(=O)N2CCCN(c3nc(Cc4ccc(C)cc4)nc4onc(-c5ccc6ccccc6c5)c34)CC2)cc1. The number of hydrogen-bond acceptors (Lipinski definition) is 7. The molecule has 0 saturated carbocycles. The van der Waals surface area contributed by atoms with Crippen LogP contribution in [0, 0.1) is 6.92 Å². The molecule has 8 nitrogen and oxygen atoms in total. The summed E-state index contributed by atoms with van der Waals surface area (Å²) in [4.78, 5) is 27.6. The molecule has 1 aliphatic rings. The molecule has 1 saturated heterocycles. The third-order valence-corrected chi connectivity index (χ3v) is 8.53. The molecule has 7 rings (SSSR count). The van der Waals surface area contributed by atoms with Crippen LogP contribution >= 0.6 is 0 Å². The second kappa shape index (κ2) is 12.4. The predicted molar refractivity (Wildman–Crippen MR) is 177 cm³/mol. The summed E-state index contributed by atoms with van der Waals surface area (Å²) in [7, 11) is 1.64. The maximum Gasteiger partial charge on any atom is 0.263 e. The molecule has 0 spiro atoms. The first-order chi connectivity index (χ1) is 22.0. The standard InChI is InChI=1S/C37H35N5O3/c1-25-8-10-26(11-9-25)22-32-38-36(34-35(40-45-37(34)39-32)30-15-14-28-6-3-4-7-29(28)24-30)42-19-5-18-41(20-21-42)33(43)23-27-12-16-31(44-2)17-13-27/h3-4,6-17,24H,5,18-23H2,1-2H3. The Morgan fingerprint density at radius 1 is 0.844 bits per heavy atom. The van der Waals surface area contributed by atoms with E-state index in [1.165, 1.54) is 5.56 Å². The Labute approximate surface area is 262 Å². The first-order valence-corrected chi connectivity index (χ1v) is 15.4. The van der Waals surface area contributed by atoms with E-state index >= 15 is 0 Å². The topological polar surface area (TPSA) is 84.6 Å². The third-order valence-electron chi connectivity index (χ3n) is 8.53. The summed E-state index contributed by atoms with van der Waals surface area (Å²) in [5, 5.41) is 7.63. The van der Waals surface area contributed by atoms with Crippen molar-refractivity contribution in [3.8, 4) is 17.0 Å². The van der Waals surface area contributed by atoms with Crippen molar-refractivity contribution in [2.24, 2.45) is 0 Å². The van der Waals surface area contributed by atoms with Crippen molar-refractivity contribution < 1.29 is 14.1 Å². The Hall–Kier alpha value is -5.24. The number of rotatable bonds is 7. The van der Waals surface area contributed by atoms with Crippen LogP contribution in [0.4, 0.5) is 5.82 Å². The minimum atomic E-state index is 0.122. The minimum absolute atomic E-state index is 0.122. The van der Waals surface area contributed by atoms with Gasteiger partial charge in [0.1, 0.15) is 28.5 Å². The molecule has 2 aromatic heterocycles. The molecule has 0 N–H and O–H groups in total. The molecule has 45 heavy (non-hydrogen) atoms. The zero-order chi connectivity index (χ0) is 30.8. The number of ether oxygens (including phenoxy) is 1. The number of carbonyl (C=O) groups is 1. The van der Waals surface area contributed by atoms with Gasteiger partial charge in [-0.25, -0.2) is 4.98 Å². The maximum absolute atomic E-state index is 13.3. The van der Waals surface area contributed by atoms with Gasteiger partial charge in [-0.15, -0.1) is 0 Å². The molecule has 1 amide bonds. The van der Waals surface area contributed by atoms with Crippen molar-refractivity contribution in [3.05, 3.63) is 114 Å². The second-order valence-electron chi connectivity index (χ2n) is 11.6. The number of fused-ring (bicyclic) bond motifs is 2. The van der Waals surface area contributed by atoms with Crippen LogP contribution in [0.3, 0.4) is 0 Å². The van der Waals surface area contributed by atoms with Gasteiger partial charge < -0.3 is 19.1 Å². The summed E-state index contributed by atoms with van der Waals surface area (Å²) >= 11 is 0. The summed E-state index contributed by atoms with van der Waals surface area (Å²) in [6, 6.07) is 30.7. The molecule has 0 unspecified atom stereocenters. The lowest BCUT2D eigenvalue weighted by Gasteiger charge is -2.24. The lowest BCUT2D eigenvalue weighted by molar-refractivity contribution is -0.130. The number of anilines is 1. The van der Waals surface area contributed by atoms with Crippen LogP contribution in [0.2, 0.25) is 0 Å². The van der Waals surface area contributed by atoms with E-state index in [-0.39, 0.29) is 5.91 Å². The fraction of sp³-hybridized carbons (Fsp3) is 0.243. The Balaban J connectivity index is 1.21. The zero-order valence-corrected chi connectivity index (χ0v) is 25.6. The lowest BCUT2D eigenvalue weighted by Crippen LogP contribution is -2.36. The average Bonchev–Trinajstić information content (AvgIpc) is 3.34. The molecule has 1 fully saturated rings. The van der Waals surface area contributed by atoms with E-state index in [0.29, 0.717) is 44.0 Å². The van der Waals surface area contributed by atoms with Gasteiger partial charge in [0.25, 0.3) is 5.71 Å². The summed E-state index contributed by atoms with van der Waals surface area (Å²) in [6.07, 6.45) is 1.76. The number of aryl methyl sites for hydroxylation is 1. The van der Waals surface area contributed by atoms with Crippen molar-refractivity contribution in [1.29, 1.82) is 0 Å². The van der Waals surface area contributed by atoms with E-state index in [1.54, 1.807) is 7.11 Å². The van der Waals surface area contributed by atoms with Crippen LogP contribution < -0.4 is 9.64 Å². The van der Waals surface area contributed by atoms with Crippen LogP contribution in [0.15, 0.2) is 95.5 Å². The quantitative estimate of drug-likeness (QED) is 0.204. The van der Waals surface area contributed by atoms with E-state index in [0.717, 1.165) is 63.1 Å². The fourth-order valence-corrected chi connectivity index (χ4v) is 6.02. The molecule has 0 bridgehead atoms. The minimum Gasteiger partial charge on any atom is -0.497 e. The van der Waals surface area contributed by atoms with Gasteiger partial charge in [-0.2, -0.15) is 4.98 Å². The first kappa shape index (κ1) is 28.5. The fourth-order valence-electron chi connectivity index (χ4n) is 6.02. The van der Waals surface area contributed by atoms with Crippen molar-refractivity contribution in [1.82, 2.24) is 20.0 Å². The Bertz CT molecular complexity index is 1970. The van der Waals surface area contributed by atoms with E-state index in [1.807, 2.05) is 41.3 Å². The van der Waals surface area contributed by atoms with Gasteiger partial charge in [0.15, 0.2) is 0 Å². The van der Waals surface area contributed by atoms with Crippen LogP contribution in [0.5, 0.6) is 5.75 Å². The van der Waals surface area contributed by atoms with Crippen LogP contribution in [-0.2, 0) is 17.6 Å². The number of benzene rings is 4. The van der Waals surface area contributed by atoms with E-state index in [4.69, 9.17) is 19.2 Å². The van der Waals surface area contributed by atoms with Gasteiger partial charge in [0.05, 0.1) is 13.5 Å². The predicted octanol–water partition coefficient (Wildman–Crippen LogP) is 6.63. The molecule has 3 heterocycles. The van der Waals surface area contributed by atoms with Crippen LogP contribution in [0.25, 0.3) is 33.1 Å².